The second-order valence-corrected chi connectivity index (χ2v) is 8.21. The number of nitrogens with zero attached hydrogens (tertiary/aromatic N) is 4. The number of halogens is 3. The van der Waals surface area contributed by atoms with Crippen molar-refractivity contribution in [2.75, 3.05) is 0 Å². The lowest BCUT2D eigenvalue weighted by atomic mass is 10.2. The van der Waals surface area contributed by atoms with Gasteiger partial charge in [-0.05, 0) is 30.0 Å². The van der Waals surface area contributed by atoms with E-state index in [1.807, 2.05) is 31.2 Å². The predicted octanol–water partition coefficient (Wildman–Crippen LogP) is 5.15. The van der Waals surface area contributed by atoms with Gasteiger partial charge in [-0.2, -0.15) is 23.4 Å². The van der Waals surface area contributed by atoms with E-state index in [4.69, 9.17) is 0 Å². The van der Waals surface area contributed by atoms with E-state index in [9.17, 15) is 18.0 Å². The minimum atomic E-state index is -4.60. The van der Waals surface area contributed by atoms with Crippen LogP contribution in [0.2, 0.25) is 0 Å². The lowest BCUT2D eigenvalue weighted by molar-refractivity contribution is -0.141. The molecule has 0 aliphatic carbocycles. The van der Waals surface area contributed by atoms with Crippen LogP contribution in [0.1, 0.15) is 27.3 Å². The lowest BCUT2D eigenvalue weighted by Crippen LogP contribution is -2.18. The Morgan fingerprint density at radius 3 is 2.74 bits per heavy atom. The summed E-state index contributed by atoms with van der Waals surface area (Å²) in [5, 5.41) is 10.9. The molecular formula is C20H14F3N5OS2. The number of aryl methyl sites for hydroxylation is 1. The van der Waals surface area contributed by atoms with E-state index in [1.54, 1.807) is 17.5 Å². The molecule has 0 bridgehead atoms. The van der Waals surface area contributed by atoms with E-state index in [-0.39, 0.29) is 16.5 Å². The molecule has 4 rings (SSSR count). The third-order valence-corrected chi connectivity index (χ3v) is 5.81. The zero-order chi connectivity index (χ0) is 22.0. The number of carbonyl (C=O) groups is 1. The monoisotopic (exact) mass is 461 g/mol. The van der Waals surface area contributed by atoms with Crippen LogP contribution in [-0.2, 0) is 6.18 Å². The number of hydrogen-bond acceptors (Lipinski definition) is 6. The Kier molecular flexibility index (Phi) is 5.70. The topological polar surface area (TPSA) is 72.2 Å². The first-order valence-corrected chi connectivity index (χ1v) is 10.6. The van der Waals surface area contributed by atoms with Gasteiger partial charge in [-0.15, -0.1) is 22.7 Å². The van der Waals surface area contributed by atoms with Crippen molar-refractivity contribution >= 4 is 34.8 Å². The number of alkyl halides is 3. The van der Waals surface area contributed by atoms with E-state index in [2.05, 4.69) is 20.6 Å². The first kappa shape index (κ1) is 20.9. The van der Waals surface area contributed by atoms with Gasteiger partial charge < -0.3 is 0 Å². The molecule has 0 aliphatic rings. The normalized spacial score (nSPS) is 11.9. The predicted molar refractivity (Wildman–Crippen MR) is 114 cm³/mol. The van der Waals surface area contributed by atoms with Gasteiger partial charge in [-0.1, -0.05) is 35.9 Å². The number of hydrogen-bond donors (Lipinski definition) is 1. The van der Waals surface area contributed by atoms with Crippen molar-refractivity contribution in [2.45, 2.75) is 13.1 Å². The van der Waals surface area contributed by atoms with E-state index >= 15 is 0 Å². The number of rotatable bonds is 5. The van der Waals surface area contributed by atoms with Crippen LogP contribution >= 0.6 is 22.7 Å². The van der Waals surface area contributed by atoms with Gasteiger partial charge in [0.15, 0.2) is 5.69 Å². The Labute approximate surface area is 182 Å². The second kappa shape index (κ2) is 8.44. The van der Waals surface area contributed by atoms with Gasteiger partial charge in [0.1, 0.15) is 5.69 Å². The third kappa shape index (κ3) is 4.72. The third-order valence-electron chi connectivity index (χ3n) is 4.10. The Hall–Kier alpha value is -3.31. The maximum Gasteiger partial charge on any atom is 0.435 e. The molecule has 0 saturated heterocycles. The molecule has 1 N–H and O–H groups in total. The average Bonchev–Trinajstić information content (AvgIpc) is 3.46. The second-order valence-electron chi connectivity index (χ2n) is 6.43. The van der Waals surface area contributed by atoms with Crippen LogP contribution in [0.4, 0.5) is 13.2 Å². The Morgan fingerprint density at radius 2 is 2.03 bits per heavy atom. The van der Waals surface area contributed by atoms with Gasteiger partial charge in [-0.25, -0.2) is 15.1 Å². The number of benzene rings is 1. The van der Waals surface area contributed by atoms with Crippen molar-refractivity contribution in [2.24, 2.45) is 5.10 Å². The smallest absolute Gasteiger partial charge is 0.266 e. The van der Waals surface area contributed by atoms with Crippen LogP contribution in [0.5, 0.6) is 0 Å². The molecule has 3 heterocycles. The van der Waals surface area contributed by atoms with Crippen LogP contribution in [0.3, 0.4) is 0 Å². The largest absolute Gasteiger partial charge is 0.435 e. The number of amides is 1. The van der Waals surface area contributed by atoms with Crippen molar-refractivity contribution in [3.63, 3.8) is 0 Å². The molecule has 0 spiro atoms. The number of thiazole rings is 1. The highest BCUT2D eigenvalue weighted by molar-refractivity contribution is 7.13. The summed E-state index contributed by atoms with van der Waals surface area (Å²) in [6.45, 7) is 1.94. The Morgan fingerprint density at radius 1 is 1.19 bits per heavy atom. The molecule has 1 aromatic carbocycles. The molecule has 31 heavy (non-hydrogen) atoms. The number of aromatic nitrogens is 3. The SMILES string of the molecule is Cc1cccc(/C=N/NC(=O)c2csc(-n3nc(C(F)(F)F)cc3-c3cccs3)n2)c1. The maximum atomic E-state index is 13.2. The summed E-state index contributed by atoms with van der Waals surface area (Å²) in [4.78, 5) is 17.1. The van der Waals surface area contributed by atoms with Gasteiger partial charge in [0, 0.05) is 5.38 Å². The molecule has 11 heteroatoms. The van der Waals surface area contributed by atoms with Crippen LogP contribution in [0, 0.1) is 6.92 Å². The highest BCUT2D eigenvalue weighted by atomic mass is 32.1. The van der Waals surface area contributed by atoms with Crippen molar-refractivity contribution in [3.05, 3.63) is 75.7 Å². The van der Waals surface area contributed by atoms with Gasteiger partial charge in [-0.3, -0.25) is 4.79 Å². The molecule has 3 aromatic heterocycles. The molecule has 0 fully saturated rings. The highest BCUT2D eigenvalue weighted by Crippen LogP contribution is 2.35. The number of carbonyl (C=O) groups excluding carboxylic acids is 1. The highest BCUT2D eigenvalue weighted by Gasteiger charge is 2.35. The van der Waals surface area contributed by atoms with Crippen molar-refractivity contribution < 1.29 is 18.0 Å². The molecule has 4 aromatic rings. The maximum absolute atomic E-state index is 13.2. The Bertz CT molecular complexity index is 1240. The zero-order valence-electron chi connectivity index (χ0n) is 15.9. The summed E-state index contributed by atoms with van der Waals surface area (Å²) in [6, 6.07) is 12.0. The molecule has 0 atom stereocenters. The number of thiophene rings is 1. The van der Waals surface area contributed by atoms with Gasteiger partial charge in [0.05, 0.1) is 16.8 Å². The van der Waals surface area contributed by atoms with Crippen molar-refractivity contribution in [1.29, 1.82) is 0 Å². The summed E-state index contributed by atoms with van der Waals surface area (Å²) < 4.78 is 40.7. The van der Waals surface area contributed by atoms with Gasteiger partial charge >= 0.3 is 6.18 Å². The summed E-state index contributed by atoms with van der Waals surface area (Å²) >= 11 is 2.29. The fourth-order valence-corrected chi connectivity index (χ4v) is 4.20. The van der Waals surface area contributed by atoms with Crippen molar-refractivity contribution in [3.8, 4) is 15.7 Å². The van der Waals surface area contributed by atoms with E-state index in [0.717, 1.165) is 33.2 Å². The minimum absolute atomic E-state index is 0.0302. The molecule has 1 amide bonds. The minimum Gasteiger partial charge on any atom is -0.266 e. The number of nitrogens with one attached hydrogen (secondary N) is 1. The van der Waals surface area contributed by atoms with Crippen LogP contribution in [0.15, 0.2) is 58.3 Å². The molecule has 0 saturated carbocycles. The van der Waals surface area contributed by atoms with Crippen LogP contribution < -0.4 is 5.43 Å². The molecule has 0 radical (unpaired) electrons. The standard InChI is InChI=1S/C20H14F3N5OS2/c1-12-4-2-5-13(8-12)10-24-26-18(29)14-11-31-19(25-14)28-15(16-6-3-7-30-16)9-17(27-28)20(21,22)23/h2-11H,1H3,(H,26,29)/b24-10+. The summed E-state index contributed by atoms with van der Waals surface area (Å²) in [5.41, 5.74) is 3.49. The summed E-state index contributed by atoms with van der Waals surface area (Å²) in [6.07, 6.45) is -3.10. The fraction of sp³-hybridized carbons (Fsp3) is 0.100. The zero-order valence-corrected chi connectivity index (χ0v) is 17.6. The molecule has 158 valence electrons. The lowest BCUT2D eigenvalue weighted by Gasteiger charge is -2.02. The molecule has 0 unspecified atom stereocenters. The quantitative estimate of drug-likeness (QED) is 0.330. The van der Waals surface area contributed by atoms with E-state index in [1.165, 1.54) is 22.9 Å². The summed E-state index contributed by atoms with van der Waals surface area (Å²) in [7, 11) is 0. The molecule has 6 nitrogen and oxygen atoms in total. The molecule has 0 aliphatic heterocycles. The summed E-state index contributed by atoms with van der Waals surface area (Å²) in [5.74, 6) is -0.577. The molecular weight excluding hydrogens is 447 g/mol. The van der Waals surface area contributed by atoms with E-state index in [0.29, 0.717) is 4.88 Å². The van der Waals surface area contributed by atoms with Gasteiger partial charge in [0.2, 0.25) is 5.13 Å². The fourth-order valence-electron chi connectivity index (χ4n) is 2.70. The van der Waals surface area contributed by atoms with Crippen molar-refractivity contribution in [1.82, 2.24) is 20.2 Å². The van der Waals surface area contributed by atoms with Gasteiger partial charge in [0.25, 0.3) is 5.91 Å². The van der Waals surface area contributed by atoms with Crippen LogP contribution in [-0.4, -0.2) is 26.9 Å². The van der Waals surface area contributed by atoms with Crippen LogP contribution in [0.25, 0.3) is 15.7 Å². The first-order valence-electron chi connectivity index (χ1n) is 8.88. The number of hydrazone groups is 1. The average molecular weight is 461 g/mol. The van der Waals surface area contributed by atoms with E-state index < -0.39 is 17.8 Å². The Balaban J connectivity index is 1.57. The first-order chi connectivity index (χ1) is 14.8.